The molecule has 0 bridgehead atoms. The highest BCUT2D eigenvalue weighted by molar-refractivity contribution is 6.58. The molecule has 0 heterocycles. The molecule has 0 aromatic heterocycles. The van der Waals surface area contributed by atoms with Crippen molar-refractivity contribution in [1.29, 1.82) is 5.26 Å². The van der Waals surface area contributed by atoms with Crippen LogP contribution in [0.5, 0.6) is 0 Å². The predicted molar refractivity (Wildman–Crippen MR) is 71.2 cm³/mol. The Hall–Kier alpha value is -2.09. The maximum atomic E-state index is 9.16. The molecule has 0 fully saturated rings. The molecule has 2 rings (SSSR count). The van der Waals surface area contributed by atoms with Gasteiger partial charge in [-0.25, -0.2) is 0 Å². The molecule has 0 saturated heterocycles. The van der Waals surface area contributed by atoms with E-state index in [0.717, 1.165) is 16.7 Å². The zero-order valence-corrected chi connectivity index (χ0v) is 9.96. The topological polar surface area (TPSA) is 64.2 Å². The molecular weight excluding hydrogens is 225 g/mol. The quantitative estimate of drug-likeness (QED) is 0.771. The van der Waals surface area contributed by atoms with Gasteiger partial charge in [0.2, 0.25) is 0 Å². The second kappa shape index (κ2) is 5.05. The molecule has 0 saturated carbocycles. The van der Waals surface area contributed by atoms with Crippen LogP contribution in [0.4, 0.5) is 0 Å². The van der Waals surface area contributed by atoms with Crippen LogP contribution in [-0.2, 0) is 0 Å². The van der Waals surface area contributed by atoms with Crippen LogP contribution in [-0.4, -0.2) is 17.2 Å². The molecule has 4 heteroatoms. The zero-order chi connectivity index (χ0) is 13.1. The molecule has 0 radical (unpaired) electrons. The van der Waals surface area contributed by atoms with E-state index in [0.29, 0.717) is 11.0 Å². The largest absolute Gasteiger partial charge is 0.488 e. The molecule has 2 aromatic carbocycles. The van der Waals surface area contributed by atoms with E-state index in [9.17, 15) is 0 Å². The Bertz CT molecular complexity index is 617. The number of hydrogen-bond donors (Lipinski definition) is 2. The van der Waals surface area contributed by atoms with Crippen LogP contribution in [0.15, 0.2) is 42.5 Å². The van der Waals surface area contributed by atoms with Gasteiger partial charge in [0.05, 0.1) is 11.6 Å². The fourth-order valence-electron chi connectivity index (χ4n) is 1.92. The highest BCUT2D eigenvalue weighted by Crippen LogP contribution is 2.25. The second-order valence-electron chi connectivity index (χ2n) is 4.11. The summed E-state index contributed by atoms with van der Waals surface area (Å²) in [5.41, 5.74) is 3.62. The van der Waals surface area contributed by atoms with Crippen molar-refractivity contribution in [3.63, 3.8) is 0 Å². The first-order chi connectivity index (χ1) is 8.63. The summed E-state index contributed by atoms with van der Waals surface area (Å²) in [5.74, 6) is 0. The molecule has 0 aliphatic rings. The lowest BCUT2D eigenvalue weighted by molar-refractivity contribution is 0.426. The Balaban J connectivity index is 2.60. The number of aryl methyl sites for hydroxylation is 1. The molecule has 0 unspecified atom stereocenters. The minimum absolute atomic E-state index is 0.323. The average molecular weight is 237 g/mol. The number of nitriles is 1. The van der Waals surface area contributed by atoms with Crippen LogP contribution in [0.2, 0.25) is 0 Å². The Labute approximate surface area is 106 Å². The van der Waals surface area contributed by atoms with Gasteiger partial charge in [-0.1, -0.05) is 36.4 Å². The number of nitrogens with zero attached hydrogens (tertiary/aromatic N) is 1. The second-order valence-corrected chi connectivity index (χ2v) is 4.11. The molecule has 18 heavy (non-hydrogen) atoms. The average Bonchev–Trinajstić information content (AvgIpc) is 2.38. The van der Waals surface area contributed by atoms with Gasteiger partial charge in [0.1, 0.15) is 0 Å². The molecular formula is C14H12BNO2. The Morgan fingerprint density at radius 3 is 2.39 bits per heavy atom. The molecule has 2 aromatic rings. The van der Waals surface area contributed by atoms with Gasteiger partial charge in [-0.3, -0.25) is 0 Å². The number of rotatable bonds is 2. The summed E-state index contributed by atoms with van der Waals surface area (Å²) in [6.07, 6.45) is 0. The summed E-state index contributed by atoms with van der Waals surface area (Å²) in [4.78, 5) is 0. The minimum Gasteiger partial charge on any atom is -0.423 e. The summed E-state index contributed by atoms with van der Waals surface area (Å²) in [5, 5.41) is 27.4. The van der Waals surface area contributed by atoms with Crippen molar-refractivity contribution in [2.45, 2.75) is 6.92 Å². The molecule has 2 N–H and O–H groups in total. The van der Waals surface area contributed by atoms with Crippen molar-refractivity contribution in [1.82, 2.24) is 0 Å². The van der Waals surface area contributed by atoms with Crippen LogP contribution in [0, 0.1) is 18.3 Å². The summed E-state index contributed by atoms with van der Waals surface area (Å²) in [6.45, 7) is 1.98. The maximum absolute atomic E-state index is 9.16. The van der Waals surface area contributed by atoms with Crippen LogP contribution < -0.4 is 5.46 Å². The van der Waals surface area contributed by atoms with Crippen LogP contribution in [0.25, 0.3) is 11.1 Å². The lowest BCUT2D eigenvalue weighted by atomic mass is 9.78. The molecule has 0 atom stereocenters. The summed E-state index contributed by atoms with van der Waals surface area (Å²) < 4.78 is 0. The molecule has 0 spiro atoms. The van der Waals surface area contributed by atoms with Gasteiger partial charge in [-0.15, -0.1) is 0 Å². The fourth-order valence-corrected chi connectivity index (χ4v) is 1.92. The molecule has 88 valence electrons. The van der Waals surface area contributed by atoms with Gasteiger partial charge < -0.3 is 10.0 Å². The first kappa shape index (κ1) is 12.4. The zero-order valence-electron chi connectivity index (χ0n) is 9.96. The van der Waals surface area contributed by atoms with Gasteiger partial charge >= 0.3 is 7.12 Å². The number of benzene rings is 2. The standard InChI is InChI=1S/C14H12BNO2/c1-10-4-2-3-5-13(10)14-7-6-12(15(17)18)8-11(14)9-16/h2-8,17-18H,1H3. The molecule has 0 aliphatic heterocycles. The third kappa shape index (κ3) is 2.28. The van der Waals surface area contributed by atoms with Gasteiger partial charge in [0.25, 0.3) is 0 Å². The van der Waals surface area contributed by atoms with E-state index in [4.69, 9.17) is 15.3 Å². The van der Waals surface area contributed by atoms with E-state index in [1.54, 1.807) is 12.1 Å². The lowest BCUT2D eigenvalue weighted by Gasteiger charge is -2.09. The van der Waals surface area contributed by atoms with E-state index in [1.165, 1.54) is 6.07 Å². The van der Waals surface area contributed by atoms with Crippen molar-refractivity contribution in [2.24, 2.45) is 0 Å². The van der Waals surface area contributed by atoms with Crippen molar-refractivity contribution < 1.29 is 10.0 Å². The molecule has 3 nitrogen and oxygen atoms in total. The van der Waals surface area contributed by atoms with Crippen molar-refractivity contribution in [3.8, 4) is 17.2 Å². The van der Waals surface area contributed by atoms with Crippen LogP contribution in [0.3, 0.4) is 0 Å². The highest BCUT2D eigenvalue weighted by Gasteiger charge is 2.14. The summed E-state index contributed by atoms with van der Waals surface area (Å²) >= 11 is 0. The van der Waals surface area contributed by atoms with Crippen molar-refractivity contribution in [3.05, 3.63) is 53.6 Å². The normalized spacial score (nSPS) is 9.89. The van der Waals surface area contributed by atoms with Gasteiger partial charge in [0, 0.05) is 0 Å². The third-order valence-corrected chi connectivity index (χ3v) is 2.90. The van der Waals surface area contributed by atoms with E-state index in [2.05, 4.69) is 6.07 Å². The number of hydrogen-bond acceptors (Lipinski definition) is 3. The Morgan fingerprint density at radius 1 is 1.06 bits per heavy atom. The molecule has 0 aliphatic carbocycles. The lowest BCUT2D eigenvalue weighted by Crippen LogP contribution is -2.29. The van der Waals surface area contributed by atoms with Crippen LogP contribution in [0.1, 0.15) is 11.1 Å². The van der Waals surface area contributed by atoms with Crippen LogP contribution >= 0.6 is 0 Å². The Morgan fingerprint density at radius 2 is 1.78 bits per heavy atom. The van der Waals surface area contributed by atoms with E-state index >= 15 is 0 Å². The third-order valence-electron chi connectivity index (χ3n) is 2.90. The van der Waals surface area contributed by atoms with Gasteiger partial charge in [0.15, 0.2) is 0 Å². The van der Waals surface area contributed by atoms with E-state index in [1.807, 2.05) is 31.2 Å². The molecule has 0 amide bonds. The van der Waals surface area contributed by atoms with Gasteiger partial charge in [-0.05, 0) is 35.1 Å². The summed E-state index contributed by atoms with van der Waals surface area (Å²) in [7, 11) is -1.55. The smallest absolute Gasteiger partial charge is 0.423 e. The first-order valence-corrected chi connectivity index (χ1v) is 5.59. The minimum atomic E-state index is -1.55. The fraction of sp³-hybridized carbons (Fsp3) is 0.0714. The summed E-state index contributed by atoms with van der Waals surface area (Å²) in [6, 6.07) is 14.7. The van der Waals surface area contributed by atoms with E-state index < -0.39 is 7.12 Å². The van der Waals surface area contributed by atoms with Crippen molar-refractivity contribution in [2.75, 3.05) is 0 Å². The SMILES string of the molecule is Cc1ccccc1-c1ccc(B(O)O)cc1C#N. The monoisotopic (exact) mass is 237 g/mol. The van der Waals surface area contributed by atoms with Crippen molar-refractivity contribution >= 4 is 12.6 Å². The first-order valence-electron chi connectivity index (χ1n) is 5.59. The van der Waals surface area contributed by atoms with E-state index in [-0.39, 0.29) is 0 Å². The Kier molecular flexibility index (Phi) is 3.47. The predicted octanol–water partition coefficient (Wildman–Crippen LogP) is 1.21. The van der Waals surface area contributed by atoms with Gasteiger partial charge in [-0.2, -0.15) is 5.26 Å². The highest BCUT2D eigenvalue weighted by atomic mass is 16.4. The maximum Gasteiger partial charge on any atom is 0.488 e.